The summed E-state index contributed by atoms with van der Waals surface area (Å²) in [5.74, 6) is 2.38. The first-order valence-electron chi connectivity index (χ1n) is 9.38. The largest absolute Gasteiger partial charge is 0.478 e. The van der Waals surface area contributed by atoms with Crippen molar-refractivity contribution in [1.82, 2.24) is 20.1 Å². The quantitative estimate of drug-likeness (QED) is 0.605. The molecule has 0 spiro atoms. The van der Waals surface area contributed by atoms with Gasteiger partial charge >= 0.3 is 0 Å². The third kappa shape index (κ3) is 6.53. The van der Waals surface area contributed by atoms with E-state index >= 15 is 0 Å². The molecule has 0 amide bonds. The Kier molecular flexibility index (Phi) is 7.98. The van der Waals surface area contributed by atoms with E-state index in [4.69, 9.17) is 4.74 Å². The predicted molar refractivity (Wildman–Crippen MR) is 103 cm³/mol. The van der Waals surface area contributed by atoms with Crippen LogP contribution in [0.5, 0.6) is 5.88 Å². The van der Waals surface area contributed by atoms with Crippen molar-refractivity contribution >= 4 is 5.96 Å². The zero-order chi connectivity index (χ0) is 18.1. The average Bonchev–Trinajstić information content (AvgIpc) is 2.62. The van der Waals surface area contributed by atoms with Gasteiger partial charge in [-0.25, -0.2) is 4.98 Å². The molecule has 0 saturated carbocycles. The van der Waals surface area contributed by atoms with Crippen molar-refractivity contribution < 1.29 is 4.74 Å². The van der Waals surface area contributed by atoms with Crippen molar-refractivity contribution in [2.75, 3.05) is 46.4 Å². The molecular formula is C19H33N5O. The summed E-state index contributed by atoms with van der Waals surface area (Å²) in [6, 6.07) is 3.99. The zero-order valence-electron chi connectivity index (χ0n) is 16.2. The number of guanidine groups is 1. The minimum Gasteiger partial charge on any atom is -0.478 e. The van der Waals surface area contributed by atoms with Crippen LogP contribution in [0.1, 0.15) is 32.8 Å². The molecule has 6 heteroatoms. The Bertz CT molecular complexity index is 521. The van der Waals surface area contributed by atoms with Crippen molar-refractivity contribution in [3.63, 3.8) is 0 Å². The first-order chi connectivity index (χ1) is 12.1. The van der Waals surface area contributed by atoms with Crippen molar-refractivity contribution in [2.24, 2.45) is 10.9 Å². The number of rotatable bonds is 7. The lowest BCUT2D eigenvalue weighted by molar-refractivity contribution is 0.164. The van der Waals surface area contributed by atoms with Crippen molar-refractivity contribution in [1.29, 1.82) is 0 Å². The summed E-state index contributed by atoms with van der Waals surface area (Å²) < 4.78 is 5.52. The van der Waals surface area contributed by atoms with Gasteiger partial charge in [-0.1, -0.05) is 26.8 Å². The van der Waals surface area contributed by atoms with Gasteiger partial charge in [0.25, 0.3) is 0 Å². The molecule has 0 radical (unpaired) electrons. The molecule has 6 nitrogen and oxygen atoms in total. The van der Waals surface area contributed by atoms with Crippen LogP contribution in [0.4, 0.5) is 0 Å². The van der Waals surface area contributed by atoms with Crippen molar-refractivity contribution in [3.05, 3.63) is 23.9 Å². The maximum atomic E-state index is 5.52. The van der Waals surface area contributed by atoms with Crippen LogP contribution in [0.2, 0.25) is 0 Å². The first-order valence-corrected chi connectivity index (χ1v) is 9.38. The van der Waals surface area contributed by atoms with Crippen LogP contribution in [0.15, 0.2) is 23.3 Å². The summed E-state index contributed by atoms with van der Waals surface area (Å²) in [5, 5.41) is 3.45. The van der Waals surface area contributed by atoms with Gasteiger partial charge in [0, 0.05) is 58.6 Å². The molecule has 0 atom stereocenters. The summed E-state index contributed by atoms with van der Waals surface area (Å²) in [5.41, 5.74) is 1.13. The second kappa shape index (κ2) is 10.2. The lowest BCUT2D eigenvalue weighted by Gasteiger charge is -2.37. The highest BCUT2D eigenvalue weighted by atomic mass is 16.5. The van der Waals surface area contributed by atoms with E-state index in [-0.39, 0.29) is 0 Å². The minimum absolute atomic E-state index is 0.691. The molecule has 1 fully saturated rings. The number of pyridine rings is 1. The Hall–Kier alpha value is -1.82. The normalized spacial score (nSPS) is 16.4. The molecule has 0 bridgehead atoms. The van der Waals surface area contributed by atoms with Gasteiger partial charge in [-0.3, -0.25) is 9.89 Å². The van der Waals surface area contributed by atoms with Crippen LogP contribution in [0, 0.1) is 5.92 Å². The fourth-order valence-electron chi connectivity index (χ4n) is 2.98. The maximum absolute atomic E-state index is 5.52. The third-order valence-corrected chi connectivity index (χ3v) is 4.21. The van der Waals surface area contributed by atoms with Gasteiger partial charge in [0.1, 0.15) is 0 Å². The Morgan fingerprint density at radius 1 is 1.28 bits per heavy atom. The molecular weight excluding hydrogens is 314 g/mol. The molecule has 1 aliphatic rings. The Morgan fingerprint density at radius 2 is 2.04 bits per heavy atom. The van der Waals surface area contributed by atoms with E-state index in [9.17, 15) is 0 Å². The summed E-state index contributed by atoms with van der Waals surface area (Å²) in [4.78, 5) is 13.7. The van der Waals surface area contributed by atoms with Gasteiger partial charge in [-0.15, -0.1) is 0 Å². The molecule has 1 aromatic heterocycles. The SMILES string of the molecule is CCCOc1ccc(CNC(=NC)N2CCN(CC(C)C)CC2)cn1. The summed E-state index contributed by atoms with van der Waals surface area (Å²) >= 11 is 0. The minimum atomic E-state index is 0.691. The van der Waals surface area contributed by atoms with E-state index in [0.29, 0.717) is 12.5 Å². The van der Waals surface area contributed by atoms with E-state index in [1.165, 1.54) is 6.54 Å². The number of piperazine rings is 1. The number of hydrogen-bond acceptors (Lipinski definition) is 4. The standard InChI is InChI=1S/C19H33N5O/c1-5-12-25-18-7-6-17(13-21-18)14-22-19(20-4)24-10-8-23(9-11-24)15-16(2)3/h6-7,13,16H,5,8-12,14-15H2,1-4H3,(H,20,22). The van der Waals surface area contributed by atoms with E-state index in [1.807, 2.05) is 19.3 Å². The number of nitrogens with one attached hydrogen (secondary N) is 1. The Balaban J connectivity index is 1.79. The molecule has 0 aromatic carbocycles. The third-order valence-electron chi connectivity index (χ3n) is 4.21. The molecule has 0 aliphatic carbocycles. The van der Waals surface area contributed by atoms with E-state index in [2.05, 4.69) is 51.9 Å². The summed E-state index contributed by atoms with van der Waals surface area (Å²) in [6.07, 6.45) is 2.86. The predicted octanol–water partition coefficient (Wildman–Crippen LogP) is 2.22. The van der Waals surface area contributed by atoms with Crippen LogP contribution in [0.3, 0.4) is 0 Å². The van der Waals surface area contributed by atoms with E-state index in [0.717, 1.165) is 56.6 Å². The highest BCUT2D eigenvalue weighted by Gasteiger charge is 2.19. The highest BCUT2D eigenvalue weighted by molar-refractivity contribution is 5.80. The van der Waals surface area contributed by atoms with Crippen molar-refractivity contribution in [3.8, 4) is 5.88 Å². The van der Waals surface area contributed by atoms with Gasteiger partial charge in [0.15, 0.2) is 5.96 Å². The van der Waals surface area contributed by atoms with Crippen LogP contribution in [-0.4, -0.2) is 67.1 Å². The number of aliphatic imine (C=N–C) groups is 1. The molecule has 2 rings (SSSR count). The van der Waals surface area contributed by atoms with Gasteiger partial charge < -0.3 is 15.0 Å². The summed E-state index contributed by atoms with van der Waals surface area (Å²) in [6.45, 7) is 13.5. The fraction of sp³-hybridized carbons (Fsp3) is 0.684. The average molecular weight is 348 g/mol. The number of hydrogen-bond donors (Lipinski definition) is 1. The zero-order valence-corrected chi connectivity index (χ0v) is 16.2. The molecule has 1 N–H and O–H groups in total. The van der Waals surface area contributed by atoms with Crippen LogP contribution < -0.4 is 10.1 Å². The molecule has 140 valence electrons. The van der Waals surface area contributed by atoms with Gasteiger partial charge in [0.2, 0.25) is 5.88 Å². The van der Waals surface area contributed by atoms with E-state index < -0.39 is 0 Å². The van der Waals surface area contributed by atoms with Crippen LogP contribution >= 0.6 is 0 Å². The van der Waals surface area contributed by atoms with Gasteiger partial charge in [0.05, 0.1) is 6.61 Å². The number of nitrogens with zero attached hydrogens (tertiary/aromatic N) is 4. The molecule has 1 saturated heterocycles. The van der Waals surface area contributed by atoms with Crippen molar-refractivity contribution in [2.45, 2.75) is 33.7 Å². The van der Waals surface area contributed by atoms with Crippen LogP contribution in [0.25, 0.3) is 0 Å². The molecule has 2 heterocycles. The van der Waals surface area contributed by atoms with E-state index in [1.54, 1.807) is 0 Å². The molecule has 0 unspecified atom stereocenters. The first kappa shape index (κ1) is 19.5. The second-order valence-corrected chi connectivity index (χ2v) is 6.94. The lowest BCUT2D eigenvalue weighted by atomic mass is 10.2. The fourth-order valence-corrected chi connectivity index (χ4v) is 2.98. The number of aromatic nitrogens is 1. The monoisotopic (exact) mass is 347 g/mol. The maximum Gasteiger partial charge on any atom is 0.213 e. The topological polar surface area (TPSA) is 53.0 Å². The highest BCUT2D eigenvalue weighted by Crippen LogP contribution is 2.09. The second-order valence-electron chi connectivity index (χ2n) is 6.94. The Morgan fingerprint density at radius 3 is 2.60 bits per heavy atom. The number of ether oxygens (including phenoxy) is 1. The Labute approximate surface area is 152 Å². The van der Waals surface area contributed by atoms with Gasteiger partial charge in [-0.2, -0.15) is 0 Å². The van der Waals surface area contributed by atoms with Crippen LogP contribution in [-0.2, 0) is 6.54 Å². The summed E-state index contributed by atoms with van der Waals surface area (Å²) in [7, 11) is 1.85. The molecule has 1 aliphatic heterocycles. The van der Waals surface area contributed by atoms with Gasteiger partial charge in [-0.05, 0) is 17.9 Å². The molecule has 25 heavy (non-hydrogen) atoms. The lowest BCUT2D eigenvalue weighted by Crippen LogP contribution is -2.52. The molecule has 1 aromatic rings. The smallest absolute Gasteiger partial charge is 0.213 e.